The summed E-state index contributed by atoms with van der Waals surface area (Å²) in [6.45, 7) is 4.20. The fraction of sp³-hybridized carbons (Fsp3) is 0.207. The standard InChI is InChI=1S/C29H28FN5O3S/c1-4-38-24-15-8-7-14-23(24)32-27(36)25-18(2)31-28-33-29(39-17-20-10-5-6-13-22(20)30)34-35(28)26(25)19-11-9-12-21(16-19)37-3/h5-16,26H,4,17H2,1-3H3,(H,32,36)(H,31,33,34). The molecule has 0 bridgehead atoms. The van der Waals surface area contributed by atoms with Crippen molar-refractivity contribution < 1.29 is 18.7 Å². The summed E-state index contributed by atoms with van der Waals surface area (Å²) in [6, 6.07) is 20.9. The van der Waals surface area contributed by atoms with E-state index in [4.69, 9.17) is 14.6 Å². The molecule has 0 saturated heterocycles. The first-order valence-corrected chi connectivity index (χ1v) is 13.4. The van der Waals surface area contributed by atoms with Gasteiger partial charge in [0.25, 0.3) is 5.91 Å². The molecule has 5 rings (SSSR count). The van der Waals surface area contributed by atoms with E-state index in [1.54, 1.807) is 36.1 Å². The average molecular weight is 546 g/mol. The molecule has 0 radical (unpaired) electrons. The number of rotatable bonds is 9. The van der Waals surface area contributed by atoms with Gasteiger partial charge in [-0.05, 0) is 55.3 Å². The van der Waals surface area contributed by atoms with E-state index in [0.717, 1.165) is 5.56 Å². The van der Waals surface area contributed by atoms with Gasteiger partial charge in [-0.1, -0.05) is 54.2 Å². The number of carbonyl (C=O) groups is 1. The van der Waals surface area contributed by atoms with E-state index in [1.165, 1.54) is 17.8 Å². The van der Waals surface area contributed by atoms with Gasteiger partial charge in [0, 0.05) is 11.4 Å². The Labute approximate surface area is 230 Å². The Hall–Kier alpha value is -4.31. The highest BCUT2D eigenvalue weighted by molar-refractivity contribution is 7.98. The number of hydrogen-bond acceptors (Lipinski definition) is 7. The van der Waals surface area contributed by atoms with Crippen LogP contribution in [-0.2, 0) is 10.5 Å². The van der Waals surface area contributed by atoms with E-state index in [1.807, 2.05) is 56.3 Å². The van der Waals surface area contributed by atoms with Crippen LogP contribution in [0, 0.1) is 5.82 Å². The first-order chi connectivity index (χ1) is 19.0. The number of methoxy groups -OCH3 is 1. The van der Waals surface area contributed by atoms with Crippen molar-refractivity contribution in [1.29, 1.82) is 0 Å². The first-order valence-electron chi connectivity index (χ1n) is 12.5. The Bertz CT molecular complexity index is 1540. The van der Waals surface area contributed by atoms with E-state index in [9.17, 15) is 9.18 Å². The largest absolute Gasteiger partial charge is 0.497 e. The molecule has 4 aromatic rings. The van der Waals surface area contributed by atoms with Gasteiger partial charge < -0.3 is 20.1 Å². The van der Waals surface area contributed by atoms with Crippen molar-refractivity contribution in [2.24, 2.45) is 0 Å². The van der Waals surface area contributed by atoms with E-state index in [2.05, 4.69) is 15.6 Å². The molecule has 1 aromatic heterocycles. The molecule has 1 unspecified atom stereocenters. The topological polar surface area (TPSA) is 90.3 Å². The van der Waals surface area contributed by atoms with Crippen molar-refractivity contribution in [1.82, 2.24) is 14.8 Å². The predicted molar refractivity (Wildman–Crippen MR) is 150 cm³/mol. The van der Waals surface area contributed by atoms with Gasteiger partial charge >= 0.3 is 0 Å². The number of nitrogens with one attached hydrogen (secondary N) is 2. The number of aromatic nitrogens is 3. The van der Waals surface area contributed by atoms with Crippen molar-refractivity contribution >= 4 is 29.3 Å². The molecule has 10 heteroatoms. The number of carbonyl (C=O) groups excluding carboxylic acids is 1. The van der Waals surface area contributed by atoms with Gasteiger partial charge in [-0.2, -0.15) is 4.98 Å². The third-order valence-corrected chi connectivity index (χ3v) is 7.12. The minimum Gasteiger partial charge on any atom is -0.497 e. The molecular weight excluding hydrogens is 517 g/mol. The summed E-state index contributed by atoms with van der Waals surface area (Å²) in [4.78, 5) is 18.5. The maximum Gasteiger partial charge on any atom is 0.255 e. The summed E-state index contributed by atoms with van der Waals surface area (Å²) < 4.78 is 27.0. The van der Waals surface area contributed by atoms with Crippen LogP contribution in [0.1, 0.15) is 31.0 Å². The Kier molecular flexibility index (Phi) is 7.83. The summed E-state index contributed by atoms with van der Waals surface area (Å²) in [5.74, 6) is 1.52. The van der Waals surface area contributed by atoms with E-state index in [0.29, 0.717) is 57.5 Å². The first kappa shape index (κ1) is 26.3. The molecule has 0 aliphatic carbocycles. The minimum atomic E-state index is -0.592. The molecule has 1 aliphatic heterocycles. The van der Waals surface area contributed by atoms with Crippen molar-refractivity contribution in [2.45, 2.75) is 30.8 Å². The fourth-order valence-electron chi connectivity index (χ4n) is 4.41. The zero-order valence-corrected chi connectivity index (χ0v) is 22.6. The summed E-state index contributed by atoms with van der Waals surface area (Å²) in [6.07, 6.45) is 0. The van der Waals surface area contributed by atoms with Gasteiger partial charge in [0.1, 0.15) is 23.4 Å². The molecule has 0 saturated carbocycles. The number of fused-ring (bicyclic) bond motifs is 1. The van der Waals surface area contributed by atoms with Gasteiger partial charge in [-0.25, -0.2) is 9.07 Å². The lowest BCUT2D eigenvalue weighted by molar-refractivity contribution is -0.113. The third kappa shape index (κ3) is 5.61. The number of nitrogens with zero attached hydrogens (tertiary/aromatic N) is 3. The highest BCUT2D eigenvalue weighted by atomic mass is 32.2. The smallest absolute Gasteiger partial charge is 0.255 e. The van der Waals surface area contributed by atoms with Crippen LogP contribution in [-0.4, -0.2) is 34.4 Å². The molecule has 200 valence electrons. The summed E-state index contributed by atoms with van der Waals surface area (Å²) in [5.41, 5.74) is 3.04. The molecule has 3 aromatic carbocycles. The summed E-state index contributed by atoms with van der Waals surface area (Å²) in [7, 11) is 1.60. The van der Waals surface area contributed by atoms with Gasteiger partial charge in [0.05, 0.1) is 25.0 Å². The molecule has 1 aliphatic rings. The number of ether oxygens (including phenoxy) is 2. The van der Waals surface area contributed by atoms with Gasteiger partial charge in [0.15, 0.2) is 0 Å². The molecule has 1 atom stereocenters. The van der Waals surface area contributed by atoms with Gasteiger partial charge in [-0.3, -0.25) is 4.79 Å². The highest BCUT2D eigenvalue weighted by Crippen LogP contribution is 2.38. The Balaban J connectivity index is 1.51. The van der Waals surface area contributed by atoms with E-state index in [-0.39, 0.29) is 11.7 Å². The molecule has 0 fully saturated rings. The summed E-state index contributed by atoms with van der Waals surface area (Å²) >= 11 is 1.32. The second-order valence-electron chi connectivity index (χ2n) is 8.77. The second kappa shape index (κ2) is 11.6. The zero-order chi connectivity index (χ0) is 27.4. The number of allylic oxidation sites excluding steroid dienone is 1. The fourth-order valence-corrected chi connectivity index (χ4v) is 5.22. The lowest BCUT2D eigenvalue weighted by Crippen LogP contribution is -2.31. The molecule has 8 nitrogen and oxygen atoms in total. The van der Waals surface area contributed by atoms with Crippen LogP contribution < -0.4 is 20.1 Å². The van der Waals surface area contributed by atoms with Gasteiger partial charge in [0.2, 0.25) is 11.1 Å². The lowest BCUT2D eigenvalue weighted by atomic mass is 9.95. The Morgan fingerprint density at radius 3 is 2.72 bits per heavy atom. The zero-order valence-electron chi connectivity index (χ0n) is 21.8. The van der Waals surface area contributed by atoms with Crippen LogP contribution in [0.15, 0.2) is 89.2 Å². The van der Waals surface area contributed by atoms with Crippen LogP contribution in [0.5, 0.6) is 11.5 Å². The maximum atomic E-state index is 14.2. The Morgan fingerprint density at radius 1 is 1.13 bits per heavy atom. The predicted octanol–water partition coefficient (Wildman–Crippen LogP) is 6.04. The maximum absolute atomic E-state index is 14.2. The monoisotopic (exact) mass is 545 g/mol. The Morgan fingerprint density at radius 2 is 1.92 bits per heavy atom. The molecule has 2 N–H and O–H groups in total. The number of halogens is 1. The summed E-state index contributed by atoms with van der Waals surface area (Å²) in [5, 5.41) is 11.4. The SMILES string of the molecule is CCOc1ccccc1NC(=O)C1=C(C)Nc2nc(SCc3ccccc3F)nn2C1c1cccc(OC)c1. The van der Waals surface area contributed by atoms with Crippen molar-refractivity contribution in [3.05, 3.63) is 101 Å². The third-order valence-electron chi connectivity index (χ3n) is 6.24. The van der Waals surface area contributed by atoms with Gasteiger partial charge in [-0.15, -0.1) is 5.10 Å². The van der Waals surface area contributed by atoms with Crippen LogP contribution in [0.3, 0.4) is 0 Å². The molecule has 1 amide bonds. The van der Waals surface area contributed by atoms with Crippen molar-refractivity contribution in [2.75, 3.05) is 24.4 Å². The van der Waals surface area contributed by atoms with Crippen molar-refractivity contribution in [3.8, 4) is 11.5 Å². The van der Waals surface area contributed by atoms with Crippen molar-refractivity contribution in [3.63, 3.8) is 0 Å². The van der Waals surface area contributed by atoms with Crippen LogP contribution in [0.2, 0.25) is 0 Å². The van der Waals surface area contributed by atoms with Crippen LogP contribution in [0.4, 0.5) is 16.0 Å². The molecular formula is C29H28FN5O3S. The quantitative estimate of drug-likeness (QED) is 0.248. The number of benzene rings is 3. The number of amides is 1. The van der Waals surface area contributed by atoms with Crippen LogP contribution >= 0.6 is 11.8 Å². The number of thioether (sulfide) groups is 1. The molecule has 39 heavy (non-hydrogen) atoms. The minimum absolute atomic E-state index is 0.273. The van der Waals surface area contributed by atoms with Crippen LogP contribution in [0.25, 0.3) is 0 Å². The number of para-hydroxylation sites is 2. The average Bonchev–Trinajstić information content (AvgIpc) is 3.35. The van der Waals surface area contributed by atoms with E-state index >= 15 is 0 Å². The number of anilines is 2. The molecule has 0 spiro atoms. The number of hydrogen-bond donors (Lipinski definition) is 2. The normalized spacial score (nSPS) is 14.4. The highest BCUT2D eigenvalue weighted by Gasteiger charge is 2.35. The second-order valence-corrected chi connectivity index (χ2v) is 9.71. The molecule has 2 heterocycles. The lowest BCUT2D eigenvalue weighted by Gasteiger charge is -2.29. The van der Waals surface area contributed by atoms with E-state index < -0.39 is 6.04 Å².